The molecule has 0 saturated heterocycles. The van der Waals surface area contributed by atoms with Gasteiger partial charge in [-0.1, -0.05) is 12.7 Å². The number of hydrogen-bond donors (Lipinski definition) is 0. The zero-order valence-corrected chi connectivity index (χ0v) is 9.39. The van der Waals surface area contributed by atoms with Gasteiger partial charge in [-0.2, -0.15) is 0 Å². The standard InChI is InChI=1S/C12H16F2O2/c1-3-11(13)4-6-12(14,7-5-11)10(16)8-9(2)15/h3H,1,4-8H2,2H3. The van der Waals surface area contributed by atoms with Crippen molar-refractivity contribution < 1.29 is 18.4 Å². The topological polar surface area (TPSA) is 34.1 Å². The van der Waals surface area contributed by atoms with E-state index in [1.54, 1.807) is 0 Å². The molecular formula is C12H16F2O2. The number of carbonyl (C=O) groups excluding carboxylic acids is 2. The molecule has 0 heterocycles. The fraction of sp³-hybridized carbons (Fsp3) is 0.667. The van der Waals surface area contributed by atoms with Crippen molar-refractivity contribution in [2.45, 2.75) is 50.4 Å². The monoisotopic (exact) mass is 230 g/mol. The summed E-state index contributed by atoms with van der Waals surface area (Å²) in [5.74, 6) is -1.08. The molecule has 0 N–H and O–H groups in total. The summed E-state index contributed by atoms with van der Waals surface area (Å²) in [6.45, 7) is 4.60. The summed E-state index contributed by atoms with van der Waals surface area (Å²) in [7, 11) is 0. The number of rotatable bonds is 4. The van der Waals surface area contributed by atoms with E-state index in [-0.39, 0.29) is 31.5 Å². The molecule has 1 aliphatic rings. The second kappa shape index (κ2) is 4.44. The highest BCUT2D eigenvalue weighted by molar-refractivity contribution is 6.02. The van der Waals surface area contributed by atoms with Gasteiger partial charge < -0.3 is 0 Å². The number of hydrogen-bond acceptors (Lipinski definition) is 2. The molecule has 2 nitrogen and oxygen atoms in total. The van der Waals surface area contributed by atoms with Crippen LogP contribution in [0.5, 0.6) is 0 Å². The van der Waals surface area contributed by atoms with E-state index in [9.17, 15) is 18.4 Å². The van der Waals surface area contributed by atoms with Gasteiger partial charge in [-0.15, -0.1) is 0 Å². The number of ketones is 2. The van der Waals surface area contributed by atoms with E-state index in [4.69, 9.17) is 0 Å². The van der Waals surface area contributed by atoms with E-state index in [0.717, 1.165) is 0 Å². The Morgan fingerprint density at radius 1 is 1.25 bits per heavy atom. The second-order valence-electron chi connectivity index (χ2n) is 4.51. The van der Waals surface area contributed by atoms with Crippen molar-refractivity contribution in [3.05, 3.63) is 12.7 Å². The number of Topliss-reactive ketones (excluding diaryl/α,β-unsaturated/α-hetero) is 2. The fourth-order valence-corrected chi connectivity index (χ4v) is 1.93. The van der Waals surface area contributed by atoms with E-state index in [1.165, 1.54) is 13.0 Å². The van der Waals surface area contributed by atoms with Crippen molar-refractivity contribution in [2.24, 2.45) is 0 Å². The lowest BCUT2D eigenvalue weighted by molar-refractivity contribution is -0.137. The molecule has 0 spiro atoms. The Kier molecular flexibility index (Phi) is 3.61. The summed E-state index contributed by atoms with van der Waals surface area (Å²) in [4.78, 5) is 22.2. The SMILES string of the molecule is C=CC1(F)CCC(F)(C(=O)CC(C)=O)CC1. The van der Waals surface area contributed by atoms with Gasteiger partial charge in [-0.05, 0) is 32.6 Å². The lowest BCUT2D eigenvalue weighted by Crippen LogP contribution is -2.42. The molecule has 90 valence electrons. The molecule has 0 aromatic heterocycles. The molecule has 0 unspecified atom stereocenters. The summed E-state index contributed by atoms with van der Waals surface area (Å²) < 4.78 is 27.8. The first-order chi connectivity index (χ1) is 7.31. The third-order valence-corrected chi connectivity index (χ3v) is 3.15. The molecule has 0 aromatic rings. The molecule has 0 amide bonds. The van der Waals surface area contributed by atoms with Crippen molar-refractivity contribution in [1.29, 1.82) is 0 Å². The van der Waals surface area contributed by atoms with Crippen LogP contribution in [0.15, 0.2) is 12.7 Å². The predicted molar refractivity (Wildman–Crippen MR) is 56.6 cm³/mol. The Bertz CT molecular complexity index is 315. The van der Waals surface area contributed by atoms with Crippen LogP contribution in [0.3, 0.4) is 0 Å². The maximum atomic E-state index is 14.1. The Morgan fingerprint density at radius 2 is 1.75 bits per heavy atom. The minimum atomic E-state index is -2.02. The molecule has 0 bridgehead atoms. The average Bonchev–Trinajstić information content (AvgIpc) is 2.22. The molecule has 1 saturated carbocycles. The van der Waals surface area contributed by atoms with Crippen molar-refractivity contribution in [3.63, 3.8) is 0 Å². The molecule has 0 atom stereocenters. The van der Waals surface area contributed by atoms with Crippen LogP contribution in [-0.2, 0) is 9.59 Å². The Morgan fingerprint density at radius 3 is 2.12 bits per heavy atom. The molecule has 16 heavy (non-hydrogen) atoms. The molecule has 0 aliphatic heterocycles. The van der Waals surface area contributed by atoms with Crippen molar-refractivity contribution in [3.8, 4) is 0 Å². The third-order valence-electron chi connectivity index (χ3n) is 3.15. The molecule has 1 aliphatic carbocycles. The largest absolute Gasteiger partial charge is 0.300 e. The van der Waals surface area contributed by atoms with Gasteiger partial charge in [0.1, 0.15) is 11.5 Å². The van der Waals surface area contributed by atoms with E-state index in [0.29, 0.717) is 0 Å². The zero-order valence-electron chi connectivity index (χ0n) is 9.39. The quantitative estimate of drug-likeness (QED) is 0.549. The summed E-state index contributed by atoms with van der Waals surface area (Å²) >= 11 is 0. The van der Waals surface area contributed by atoms with Crippen LogP contribution in [0.1, 0.15) is 39.0 Å². The van der Waals surface area contributed by atoms with E-state index < -0.39 is 23.5 Å². The number of carbonyl (C=O) groups is 2. The predicted octanol–water partition coefficient (Wildman–Crippen LogP) is 2.71. The normalized spacial score (nSPS) is 34.4. The Hall–Kier alpha value is -1.06. The van der Waals surface area contributed by atoms with E-state index >= 15 is 0 Å². The summed E-state index contributed by atoms with van der Waals surface area (Å²) in [6, 6.07) is 0. The Labute approximate surface area is 93.7 Å². The van der Waals surface area contributed by atoms with Gasteiger partial charge in [0.2, 0.25) is 0 Å². The van der Waals surface area contributed by atoms with E-state index in [1.807, 2.05) is 0 Å². The molecule has 0 aromatic carbocycles. The van der Waals surface area contributed by atoms with Crippen molar-refractivity contribution >= 4 is 11.6 Å². The van der Waals surface area contributed by atoms with Gasteiger partial charge in [-0.3, -0.25) is 9.59 Å². The number of allylic oxidation sites excluding steroid dienone is 1. The molecular weight excluding hydrogens is 214 g/mol. The van der Waals surface area contributed by atoms with Crippen LogP contribution >= 0.6 is 0 Å². The molecule has 0 radical (unpaired) electrons. The zero-order chi connectivity index (χ0) is 12.4. The first kappa shape index (κ1) is 13.0. The Balaban J connectivity index is 2.66. The summed E-state index contributed by atoms with van der Waals surface area (Å²) in [5.41, 5.74) is -3.59. The lowest BCUT2D eigenvalue weighted by Gasteiger charge is -2.35. The third kappa shape index (κ3) is 2.74. The molecule has 1 rings (SSSR count). The maximum absolute atomic E-state index is 14.1. The van der Waals surface area contributed by atoms with Crippen LogP contribution in [0.2, 0.25) is 0 Å². The minimum Gasteiger partial charge on any atom is -0.300 e. The molecule has 1 fully saturated rings. The number of halogens is 2. The smallest absolute Gasteiger partial charge is 0.177 e. The number of alkyl halides is 2. The first-order valence-electron chi connectivity index (χ1n) is 5.35. The van der Waals surface area contributed by atoms with Crippen molar-refractivity contribution in [2.75, 3.05) is 0 Å². The van der Waals surface area contributed by atoms with Crippen LogP contribution in [-0.4, -0.2) is 22.9 Å². The van der Waals surface area contributed by atoms with Gasteiger partial charge >= 0.3 is 0 Å². The minimum absolute atomic E-state index is 0.0450. The van der Waals surface area contributed by atoms with Gasteiger partial charge in [0.05, 0.1) is 6.42 Å². The van der Waals surface area contributed by atoms with Gasteiger partial charge in [-0.25, -0.2) is 8.78 Å². The summed E-state index contributed by atoms with van der Waals surface area (Å²) in [6.07, 6.45) is 0.350. The van der Waals surface area contributed by atoms with Crippen LogP contribution in [0.4, 0.5) is 8.78 Å². The summed E-state index contributed by atoms with van der Waals surface area (Å²) in [5, 5.41) is 0. The van der Waals surface area contributed by atoms with Crippen LogP contribution in [0.25, 0.3) is 0 Å². The maximum Gasteiger partial charge on any atom is 0.177 e. The van der Waals surface area contributed by atoms with Gasteiger partial charge in [0, 0.05) is 0 Å². The van der Waals surface area contributed by atoms with Crippen LogP contribution < -0.4 is 0 Å². The highest BCUT2D eigenvalue weighted by Crippen LogP contribution is 2.41. The van der Waals surface area contributed by atoms with Crippen molar-refractivity contribution in [1.82, 2.24) is 0 Å². The highest BCUT2D eigenvalue weighted by atomic mass is 19.1. The van der Waals surface area contributed by atoms with Gasteiger partial charge in [0.15, 0.2) is 11.5 Å². The highest BCUT2D eigenvalue weighted by Gasteiger charge is 2.46. The van der Waals surface area contributed by atoms with Gasteiger partial charge in [0.25, 0.3) is 0 Å². The average molecular weight is 230 g/mol. The van der Waals surface area contributed by atoms with Crippen LogP contribution in [0, 0.1) is 0 Å². The first-order valence-corrected chi connectivity index (χ1v) is 5.35. The molecule has 4 heteroatoms. The van der Waals surface area contributed by atoms with E-state index in [2.05, 4.69) is 6.58 Å². The second-order valence-corrected chi connectivity index (χ2v) is 4.51. The lowest BCUT2D eigenvalue weighted by atomic mass is 9.75. The fourth-order valence-electron chi connectivity index (χ4n) is 1.93.